The molecule has 0 radical (unpaired) electrons. The molecule has 1 fully saturated rings. The van der Waals surface area contributed by atoms with Crippen molar-refractivity contribution in [3.63, 3.8) is 0 Å². The predicted octanol–water partition coefficient (Wildman–Crippen LogP) is 7.81. The summed E-state index contributed by atoms with van der Waals surface area (Å²) < 4.78 is 8.23. The SMILES string of the molecule is Cc1ccc(COc2c(Br)cc(/C=C3\SC(=S)N(Cc4ccc(C)cc4)C3=O)cc2Br)cc1. The molecule has 168 valence electrons. The maximum atomic E-state index is 13.0. The first-order valence-electron chi connectivity index (χ1n) is 10.3. The maximum absolute atomic E-state index is 13.0. The highest BCUT2D eigenvalue weighted by molar-refractivity contribution is 9.11. The van der Waals surface area contributed by atoms with Gasteiger partial charge in [0.1, 0.15) is 16.7 Å². The van der Waals surface area contributed by atoms with Gasteiger partial charge < -0.3 is 4.74 Å². The third kappa shape index (κ3) is 5.96. The number of aryl methyl sites for hydroxylation is 2. The molecule has 1 saturated heterocycles. The van der Waals surface area contributed by atoms with Crippen LogP contribution in [0.25, 0.3) is 6.08 Å². The fourth-order valence-corrected chi connectivity index (χ4v) is 6.01. The third-order valence-corrected chi connectivity index (χ3v) is 7.71. The number of ether oxygens (including phenoxy) is 1. The van der Waals surface area contributed by atoms with Crippen LogP contribution in [0.5, 0.6) is 5.75 Å². The van der Waals surface area contributed by atoms with Crippen LogP contribution in [0, 0.1) is 13.8 Å². The number of nitrogens with zero attached hydrogens (tertiary/aromatic N) is 1. The van der Waals surface area contributed by atoms with Gasteiger partial charge in [0.05, 0.1) is 20.4 Å². The number of benzene rings is 3. The molecule has 1 amide bonds. The van der Waals surface area contributed by atoms with E-state index in [0.717, 1.165) is 31.4 Å². The molecule has 4 rings (SSSR count). The summed E-state index contributed by atoms with van der Waals surface area (Å²) in [5, 5.41) is 0. The van der Waals surface area contributed by atoms with Crippen molar-refractivity contribution in [3.8, 4) is 5.75 Å². The van der Waals surface area contributed by atoms with Crippen LogP contribution in [0.2, 0.25) is 0 Å². The number of thioether (sulfide) groups is 1. The van der Waals surface area contributed by atoms with E-state index in [0.29, 0.717) is 22.4 Å². The van der Waals surface area contributed by atoms with Gasteiger partial charge in [0.15, 0.2) is 0 Å². The Kier molecular flexibility index (Phi) is 7.74. The van der Waals surface area contributed by atoms with Gasteiger partial charge in [0.2, 0.25) is 0 Å². The molecule has 7 heteroatoms. The number of hydrogen-bond acceptors (Lipinski definition) is 4. The van der Waals surface area contributed by atoms with Gasteiger partial charge in [-0.2, -0.15) is 0 Å². The second-order valence-electron chi connectivity index (χ2n) is 7.84. The Labute approximate surface area is 220 Å². The number of amides is 1. The molecule has 0 atom stereocenters. The lowest BCUT2D eigenvalue weighted by molar-refractivity contribution is -0.122. The normalized spacial score (nSPS) is 14.9. The fourth-order valence-electron chi connectivity index (χ4n) is 3.30. The van der Waals surface area contributed by atoms with Crippen LogP contribution >= 0.6 is 55.8 Å². The summed E-state index contributed by atoms with van der Waals surface area (Å²) in [7, 11) is 0. The molecule has 33 heavy (non-hydrogen) atoms. The number of hydrogen-bond donors (Lipinski definition) is 0. The Hall–Kier alpha value is -1.93. The molecule has 0 N–H and O–H groups in total. The Morgan fingerprint density at radius 1 is 0.939 bits per heavy atom. The van der Waals surface area contributed by atoms with Crippen LogP contribution in [0.3, 0.4) is 0 Å². The number of carbonyl (C=O) groups is 1. The fraction of sp³-hybridized carbons (Fsp3) is 0.154. The first-order valence-corrected chi connectivity index (χ1v) is 13.1. The van der Waals surface area contributed by atoms with Gasteiger partial charge in [0.25, 0.3) is 5.91 Å². The molecule has 3 aromatic rings. The van der Waals surface area contributed by atoms with Crippen LogP contribution in [0.4, 0.5) is 0 Å². The minimum Gasteiger partial charge on any atom is -0.487 e. The minimum absolute atomic E-state index is 0.0717. The van der Waals surface area contributed by atoms with E-state index in [9.17, 15) is 4.79 Å². The standard InChI is InChI=1S/C26H21Br2NO2S2/c1-16-3-7-18(8-4-16)14-29-25(30)23(33-26(29)32)13-20-11-21(27)24(22(28)12-20)31-15-19-9-5-17(2)6-10-19/h3-13H,14-15H2,1-2H3/b23-13-. The van der Waals surface area contributed by atoms with Crippen molar-refractivity contribution in [2.75, 3.05) is 0 Å². The van der Waals surface area contributed by atoms with Crippen molar-refractivity contribution in [3.05, 3.63) is 102 Å². The summed E-state index contributed by atoms with van der Waals surface area (Å²) >= 11 is 14.0. The summed E-state index contributed by atoms with van der Waals surface area (Å²) in [5.74, 6) is 0.650. The molecule has 3 aromatic carbocycles. The van der Waals surface area contributed by atoms with E-state index in [2.05, 4.69) is 63.0 Å². The van der Waals surface area contributed by atoms with Gasteiger partial charge in [-0.3, -0.25) is 9.69 Å². The van der Waals surface area contributed by atoms with Crippen LogP contribution < -0.4 is 4.74 Å². The highest BCUT2D eigenvalue weighted by Crippen LogP contribution is 2.38. The molecule has 1 heterocycles. The van der Waals surface area contributed by atoms with Crippen LogP contribution in [-0.4, -0.2) is 15.1 Å². The molecule has 0 unspecified atom stereocenters. The van der Waals surface area contributed by atoms with E-state index in [1.54, 1.807) is 4.90 Å². The Bertz CT molecular complexity index is 1220. The van der Waals surface area contributed by atoms with Crippen molar-refractivity contribution in [1.29, 1.82) is 0 Å². The predicted molar refractivity (Wildman–Crippen MR) is 147 cm³/mol. The maximum Gasteiger partial charge on any atom is 0.266 e. The van der Waals surface area contributed by atoms with E-state index >= 15 is 0 Å². The van der Waals surface area contributed by atoms with E-state index in [1.807, 2.05) is 49.4 Å². The van der Waals surface area contributed by atoms with Crippen molar-refractivity contribution in [1.82, 2.24) is 4.90 Å². The summed E-state index contributed by atoms with van der Waals surface area (Å²) in [6, 6.07) is 20.3. The lowest BCUT2D eigenvalue weighted by Gasteiger charge is -2.14. The highest BCUT2D eigenvalue weighted by atomic mass is 79.9. The Morgan fingerprint density at radius 3 is 2.06 bits per heavy atom. The molecular formula is C26H21Br2NO2S2. The summed E-state index contributed by atoms with van der Waals surface area (Å²) in [6.07, 6.45) is 1.87. The van der Waals surface area contributed by atoms with Crippen LogP contribution in [0.15, 0.2) is 74.5 Å². The molecule has 1 aliphatic heterocycles. The van der Waals surface area contributed by atoms with Crippen molar-refractivity contribution < 1.29 is 9.53 Å². The summed E-state index contributed by atoms with van der Waals surface area (Å²) in [5.41, 5.74) is 5.44. The van der Waals surface area contributed by atoms with Gasteiger partial charge in [-0.1, -0.05) is 83.6 Å². The van der Waals surface area contributed by atoms with Gasteiger partial charge >= 0.3 is 0 Å². The second-order valence-corrected chi connectivity index (χ2v) is 11.2. The molecule has 0 spiro atoms. The van der Waals surface area contributed by atoms with E-state index in [4.69, 9.17) is 17.0 Å². The smallest absolute Gasteiger partial charge is 0.266 e. The van der Waals surface area contributed by atoms with E-state index in [-0.39, 0.29) is 5.91 Å². The second kappa shape index (κ2) is 10.6. The number of thiocarbonyl (C=S) groups is 1. The highest BCUT2D eigenvalue weighted by Gasteiger charge is 2.32. The zero-order chi connectivity index (χ0) is 23.5. The van der Waals surface area contributed by atoms with Gasteiger partial charge in [-0.15, -0.1) is 0 Å². The summed E-state index contributed by atoms with van der Waals surface area (Å²) in [4.78, 5) is 15.3. The zero-order valence-electron chi connectivity index (χ0n) is 18.1. The lowest BCUT2D eigenvalue weighted by atomic mass is 10.1. The van der Waals surface area contributed by atoms with E-state index < -0.39 is 0 Å². The summed E-state index contributed by atoms with van der Waals surface area (Å²) in [6.45, 7) is 5.05. The lowest BCUT2D eigenvalue weighted by Crippen LogP contribution is -2.27. The number of rotatable bonds is 6. The first kappa shape index (κ1) is 24.2. The van der Waals surface area contributed by atoms with Crippen molar-refractivity contribution >= 4 is 72.1 Å². The number of halogens is 2. The average Bonchev–Trinajstić information content (AvgIpc) is 3.03. The number of carbonyl (C=O) groups excluding carboxylic acids is 1. The quantitative estimate of drug-likeness (QED) is 0.213. The van der Waals surface area contributed by atoms with Gasteiger partial charge in [0, 0.05) is 0 Å². The molecule has 0 saturated carbocycles. The van der Waals surface area contributed by atoms with Crippen LogP contribution in [-0.2, 0) is 17.9 Å². The molecule has 1 aliphatic rings. The monoisotopic (exact) mass is 601 g/mol. The topological polar surface area (TPSA) is 29.5 Å². The average molecular weight is 603 g/mol. The largest absolute Gasteiger partial charge is 0.487 e. The zero-order valence-corrected chi connectivity index (χ0v) is 22.9. The Morgan fingerprint density at radius 2 is 1.48 bits per heavy atom. The van der Waals surface area contributed by atoms with Gasteiger partial charge in [-0.05, 0) is 80.6 Å². The third-order valence-electron chi connectivity index (χ3n) is 5.16. The molecule has 0 aromatic heterocycles. The molecule has 0 aliphatic carbocycles. The van der Waals surface area contributed by atoms with E-state index in [1.165, 1.54) is 22.9 Å². The van der Waals surface area contributed by atoms with Crippen LogP contribution in [0.1, 0.15) is 27.8 Å². The van der Waals surface area contributed by atoms with Crippen molar-refractivity contribution in [2.24, 2.45) is 0 Å². The van der Waals surface area contributed by atoms with Crippen molar-refractivity contribution in [2.45, 2.75) is 27.0 Å². The molecule has 0 bridgehead atoms. The first-order chi connectivity index (χ1) is 15.8. The Balaban J connectivity index is 1.49. The van der Waals surface area contributed by atoms with Gasteiger partial charge in [-0.25, -0.2) is 0 Å². The molecule has 3 nitrogen and oxygen atoms in total. The molecular weight excluding hydrogens is 582 g/mol. The minimum atomic E-state index is -0.0717.